The summed E-state index contributed by atoms with van der Waals surface area (Å²) in [4.78, 5) is 25.2. The number of benzene rings is 1. The van der Waals surface area contributed by atoms with Gasteiger partial charge in [-0.25, -0.2) is 0 Å². The molecule has 2 rings (SSSR count). The van der Waals surface area contributed by atoms with E-state index in [1.807, 2.05) is 30.3 Å². The Bertz CT molecular complexity index is 551. The molecule has 1 aliphatic rings. The molecule has 1 atom stereocenters. The van der Waals surface area contributed by atoms with Crippen LogP contribution in [0.15, 0.2) is 35.2 Å². The van der Waals surface area contributed by atoms with Crippen molar-refractivity contribution in [1.82, 2.24) is 10.2 Å². The monoisotopic (exact) mass is 346 g/mol. The zero-order valence-corrected chi connectivity index (χ0v) is 13.1. The highest BCUT2D eigenvalue weighted by atomic mass is 32.2. The summed E-state index contributed by atoms with van der Waals surface area (Å²) in [5.41, 5.74) is 0. The number of carbonyl (C=O) groups is 2. The number of rotatable bonds is 6. The maximum atomic E-state index is 12.3. The Hall–Kier alpha value is -1.70. The predicted molar refractivity (Wildman–Crippen MR) is 80.9 cm³/mol. The molecule has 23 heavy (non-hydrogen) atoms. The lowest BCUT2D eigenvalue weighted by Gasteiger charge is -2.18. The van der Waals surface area contributed by atoms with E-state index < -0.39 is 24.5 Å². The first-order chi connectivity index (χ1) is 10.8. The topological polar surface area (TPSA) is 49.4 Å². The van der Waals surface area contributed by atoms with Crippen LogP contribution in [0.5, 0.6) is 0 Å². The van der Waals surface area contributed by atoms with Gasteiger partial charge in [-0.05, 0) is 12.1 Å². The van der Waals surface area contributed by atoms with Crippen LogP contribution in [0.4, 0.5) is 13.2 Å². The third-order valence-corrected chi connectivity index (χ3v) is 4.38. The summed E-state index contributed by atoms with van der Waals surface area (Å²) in [6.07, 6.45) is -4.60. The molecule has 126 valence electrons. The van der Waals surface area contributed by atoms with Crippen molar-refractivity contribution in [2.24, 2.45) is 5.92 Å². The van der Waals surface area contributed by atoms with Gasteiger partial charge in [0.15, 0.2) is 0 Å². The number of nitrogens with one attached hydrogen (secondary N) is 1. The fourth-order valence-corrected chi connectivity index (χ4v) is 3.11. The van der Waals surface area contributed by atoms with Gasteiger partial charge in [0.2, 0.25) is 11.8 Å². The molecule has 1 unspecified atom stereocenters. The van der Waals surface area contributed by atoms with Gasteiger partial charge >= 0.3 is 6.18 Å². The van der Waals surface area contributed by atoms with Crippen molar-refractivity contribution in [2.75, 3.05) is 25.4 Å². The summed E-state index contributed by atoms with van der Waals surface area (Å²) in [6, 6.07) is 9.66. The van der Waals surface area contributed by atoms with Crippen molar-refractivity contribution in [1.29, 1.82) is 0 Å². The summed E-state index contributed by atoms with van der Waals surface area (Å²) in [5, 5.41) is 2.68. The molecule has 0 bridgehead atoms. The second-order valence-corrected chi connectivity index (χ2v) is 6.41. The number of amides is 2. The van der Waals surface area contributed by atoms with E-state index in [0.29, 0.717) is 17.2 Å². The first-order valence-corrected chi connectivity index (χ1v) is 8.14. The van der Waals surface area contributed by atoms with Gasteiger partial charge in [0.05, 0.1) is 5.92 Å². The lowest BCUT2D eigenvalue weighted by Crippen LogP contribution is -2.37. The standard InChI is InChI=1S/C15H17F3N2O2S/c16-15(17,18)10-20-9-11(8-13(20)21)14(22)19-6-7-23-12-4-2-1-3-5-12/h1-5,11H,6-10H2,(H,19,22). The van der Waals surface area contributed by atoms with E-state index in [0.717, 1.165) is 4.90 Å². The number of nitrogens with zero attached hydrogens (tertiary/aromatic N) is 1. The van der Waals surface area contributed by atoms with Crippen LogP contribution >= 0.6 is 11.8 Å². The second kappa shape index (κ2) is 7.72. The molecule has 1 saturated heterocycles. The van der Waals surface area contributed by atoms with Crippen LogP contribution in [0.1, 0.15) is 6.42 Å². The lowest BCUT2D eigenvalue weighted by atomic mass is 10.1. The summed E-state index contributed by atoms with van der Waals surface area (Å²) in [7, 11) is 0. The average Bonchev–Trinajstić information content (AvgIpc) is 2.84. The molecule has 1 aromatic carbocycles. The van der Waals surface area contributed by atoms with Gasteiger partial charge in [-0.1, -0.05) is 18.2 Å². The molecular weight excluding hydrogens is 329 g/mol. The van der Waals surface area contributed by atoms with Crippen LogP contribution in [0.25, 0.3) is 0 Å². The zero-order valence-electron chi connectivity index (χ0n) is 12.3. The molecule has 0 radical (unpaired) electrons. The summed E-state index contributed by atoms with van der Waals surface area (Å²) < 4.78 is 37.0. The molecular formula is C15H17F3N2O2S. The number of alkyl halides is 3. The van der Waals surface area contributed by atoms with Crippen LogP contribution in [0.2, 0.25) is 0 Å². The molecule has 1 heterocycles. The van der Waals surface area contributed by atoms with Gasteiger partial charge < -0.3 is 10.2 Å². The highest BCUT2D eigenvalue weighted by Crippen LogP contribution is 2.24. The number of hydrogen-bond acceptors (Lipinski definition) is 3. The van der Waals surface area contributed by atoms with E-state index in [4.69, 9.17) is 0 Å². The third kappa shape index (κ3) is 5.78. The fraction of sp³-hybridized carbons (Fsp3) is 0.467. The molecule has 1 fully saturated rings. The zero-order chi connectivity index (χ0) is 16.9. The summed E-state index contributed by atoms with van der Waals surface area (Å²) in [6.45, 7) is -1.06. The Labute approximate surface area is 136 Å². The van der Waals surface area contributed by atoms with Crippen molar-refractivity contribution in [3.05, 3.63) is 30.3 Å². The molecule has 0 aromatic heterocycles. The molecule has 2 amide bonds. The van der Waals surface area contributed by atoms with Crippen LogP contribution < -0.4 is 5.32 Å². The van der Waals surface area contributed by atoms with Crippen LogP contribution in [-0.4, -0.2) is 48.3 Å². The molecule has 0 spiro atoms. The smallest absolute Gasteiger partial charge is 0.355 e. The Morgan fingerprint density at radius 1 is 1.30 bits per heavy atom. The molecule has 1 aliphatic heterocycles. The number of thioether (sulfide) groups is 1. The Kier molecular flexibility index (Phi) is 5.92. The van der Waals surface area contributed by atoms with Crippen LogP contribution in [0, 0.1) is 5.92 Å². The summed E-state index contributed by atoms with van der Waals surface area (Å²) in [5.74, 6) is -1.03. The van der Waals surface area contributed by atoms with E-state index in [9.17, 15) is 22.8 Å². The van der Waals surface area contributed by atoms with Crippen molar-refractivity contribution < 1.29 is 22.8 Å². The van der Waals surface area contributed by atoms with E-state index in [1.54, 1.807) is 11.8 Å². The van der Waals surface area contributed by atoms with Crippen LogP contribution in [0.3, 0.4) is 0 Å². The van der Waals surface area contributed by atoms with Crippen molar-refractivity contribution in [2.45, 2.75) is 17.5 Å². The maximum Gasteiger partial charge on any atom is 0.406 e. The molecule has 1 aromatic rings. The SMILES string of the molecule is O=C(NCCSc1ccccc1)C1CC(=O)N(CC(F)(F)F)C1. The first kappa shape index (κ1) is 17.7. The first-order valence-electron chi connectivity index (χ1n) is 7.15. The van der Waals surface area contributed by atoms with Gasteiger partial charge in [0.1, 0.15) is 6.54 Å². The van der Waals surface area contributed by atoms with E-state index in [-0.39, 0.29) is 18.9 Å². The van der Waals surface area contributed by atoms with Gasteiger partial charge in [0, 0.05) is 30.2 Å². The van der Waals surface area contributed by atoms with E-state index in [2.05, 4.69) is 5.32 Å². The number of hydrogen-bond donors (Lipinski definition) is 1. The largest absolute Gasteiger partial charge is 0.406 e. The number of carbonyl (C=O) groups excluding carboxylic acids is 2. The highest BCUT2D eigenvalue weighted by molar-refractivity contribution is 7.99. The minimum Gasteiger partial charge on any atom is -0.355 e. The molecule has 4 nitrogen and oxygen atoms in total. The van der Waals surface area contributed by atoms with E-state index in [1.165, 1.54) is 0 Å². The molecule has 0 saturated carbocycles. The predicted octanol–water partition coefficient (Wildman–Crippen LogP) is 2.31. The highest BCUT2D eigenvalue weighted by Gasteiger charge is 2.40. The number of halogens is 3. The quantitative estimate of drug-likeness (QED) is 0.635. The number of likely N-dealkylation sites (tertiary alicyclic amines) is 1. The van der Waals surface area contributed by atoms with E-state index >= 15 is 0 Å². The Balaban J connectivity index is 1.71. The fourth-order valence-electron chi connectivity index (χ4n) is 2.32. The Morgan fingerprint density at radius 2 is 2.00 bits per heavy atom. The average molecular weight is 346 g/mol. The molecule has 0 aliphatic carbocycles. The van der Waals surface area contributed by atoms with Gasteiger partial charge in [-0.2, -0.15) is 13.2 Å². The van der Waals surface area contributed by atoms with Crippen molar-refractivity contribution >= 4 is 23.6 Å². The maximum absolute atomic E-state index is 12.3. The minimum atomic E-state index is -4.44. The summed E-state index contributed by atoms with van der Waals surface area (Å²) >= 11 is 1.57. The second-order valence-electron chi connectivity index (χ2n) is 5.24. The normalized spacial score (nSPS) is 18.3. The van der Waals surface area contributed by atoms with Crippen molar-refractivity contribution in [3.63, 3.8) is 0 Å². The third-order valence-electron chi connectivity index (χ3n) is 3.37. The minimum absolute atomic E-state index is 0.159. The van der Waals surface area contributed by atoms with Gasteiger partial charge in [-0.3, -0.25) is 9.59 Å². The molecule has 1 N–H and O–H groups in total. The Morgan fingerprint density at radius 3 is 2.65 bits per heavy atom. The van der Waals surface area contributed by atoms with Gasteiger partial charge in [0.25, 0.3) is 0 Å². The van der Waals surface area contributed by atoms with Gasteiger partial charge in [-0.15, -0.1) is 11.8 Å². The molecule has 8 heteroatoms. The van der Waals surface area contributed by atoms with Crippen LogP contribution in [-0.2, 0) is 9.59 Å². The lowest BCUT2D eigenvalue weighted by molar-refractivity contribution is -0.157. The van der Waals surface area contributed by atoms with Crippen molar-refractivity contribution in [3.8, 4) is 0 Å².